The first-order valence-electron chi connectivity index (χ1n) is 18.9. The lowest BCUT2D eigenvalue weighted by molar-refractivity contribution is 0.0697. The van der Waals surface area contributed by atoms with E-state index >= 15 is 0 Å². The molecule has 5 heteroatoms. The first kappa shape index (κ1) is 37.1. The van der Waals surface area contributed by atoms with Gasteiger partial charge >= 0.3 is 5.97 Å². The second-order valence-electron chi connectivity index (χ2n) is 13.6. The summed E-state index contributed by atoms with van der Waals surface area (Å²) in [5.74, 6) is 0.156. The highest BCUT2D eigenvalue weighted by molar-refractivity contribution is 5.96. The van der Waals surface area contributed by atoms with Crippen LogP contribution in [-0.2, 0) is 25.8 Å². The molecule has 258 valence electrons. The molecular weight excluding hydrogens is 592 g/mol. The summed E-state index contributed by atoms with van der Waals surface area (Å²) >= 11 is 0. The van der Waals surface area contributed by atoms with Crippen molar-refractivity contribution in [2.24, 2.45) is 0 Å². The molecule has 0 saturated heterocycles. The van der Waals surface area contributed by atoms with Crippen LogP contribution in [-0.4, -0.2) is 20.6 Å². The molecule has 1 heterocycles. The van der Waals surface area contributed by atoms with Gasteiger partial charge in [0.15, 0.2) is 5.43 Å². The summed E-state index contributed by atoms with van der Waals surface area (Å²) in [4.78, 5) is 31.1. The lowest BCUT2D eigenvalue weighted by Crippen LogP contribution is -2.12. The van der Waals surface area contributed by atoms with E-state index < -0.39 is 5.97 Å². The Morgan fingerprint density at radius 2 is 1.21 bits per heavy atom. The Hall–Kier alpha value is -3.73. The quantitative estimate of drug-likeness (QED) is 0.0859. The van der Waals surface area contributed by atoms with Gasteiger partial charge in [-0.2, -0.15) is 0 Å². The van der Waals surface area contributed by atoms with Gasteiger partial charge in [-0.05, 0) is 67.0 Å². The van der Waals surface area contributed by atoms with Crippen molar-refractivity contribution in [3.63, 3.8) is 0 Å². The average molecular weight is 651 g/mol. The highest BCUT2D eigenvalue weighted by Crippen LogP contribution is 2.26. The predicted molar refractivity (Wildman–Crippen MR) is 201 cm³/mol. The highest BCUT2D eigenvalue weighted by Gasteiger charge is 2.16. The molecule has 0 aliphatic rings. The summed E-state index contributed by atoms with van der Waals surface area (Å²) < 4.78 is 2.34. The van der Waals surface area contributed by atoms with Crippen molar-refractivity contribution in [1.29, 1.82) is 0 Å². The van der Waals surface area contributed by atoms with Crippen molar-refractivity contribution in [2.45, 2.75) is 143 Å². The van der Waals surface area contributed by atoms with Crippen LogP contribution < -0.4 is 5.43 Å². The molecule has 4 aromatic rings. The van der Waals surface area contributed by atoms with Crippen molar-refractivity contribution >= 4 is 17.0 Å². The minimum atomic E-state index is -0.922. The number of carbonyl (C=O) groups is 1. The van der Waals surface area contributed by atoms with Crippen LogP contribution in [0.1, 0.15) is 150 Å². The van der Waals surface area contributed by atoms with Crippen LogP contribution in [0.5, 0.6) is 0 Å². The van der Waals surface area contributed by atoms with E-state index in [1.54, 1.807) is 12.1 Å². The number of rotatable bonds is 22. The second kappa shape index (κ2) is 19.9. The zero-order chi connectivity index (χ0) is 34.1. The van der Waals surface area contributed by atoms with Crippen LogP contribution in [0, 0.1) is 0 Å². The van der Waals surface area contributed by atoms with Crippen molar-refractivity contribution in [2.75, 3.05) is 0 Å². The summed E-state index contributed by atoms with van der Waals surface area (Å²) in [6, 6.07) is 19.7. The van der Waals surface area contributed by atoms with Gasteiger partial charge in [-0.3, -0.25) is 4.79 Å². The molecule has 0 aliphatic carbocycles. The Labute approximate surface area is 288 Å². The Morgan fingerprint density at radius 1 is 0.667 bits per heavy atom. The van der Waals surface area contributed by atoms with Crippen molar-refractivity contribution in [3.8, 4) is 11.1 Å². The molecule has 0 fully saturated rings. The zero-order valence-corrected chi connectivity index (χ0v) is 29.9. The van der Waals surface area contributed by atoms with E-state index in [1.807, 2.05) is 24.3 Å². The van der Waals surface area contributed by atoms with Gasteiger partial charge in [-0.15, -0.1) is 0 Å². The third kappa shape index (κ3) is 10.6. The Morgan fingerprint density at radius 3 is 1.83 bits per heavy atom. The van der Waals surface area contributed by atoms with Crippen molar-refractivity contribution in [3.05, 3.63) is 99.0 Å². The first-order valence-corrected chi connectivity index (χ1v) is 18.9. The highest BCUT2D eigenvalue weighted by atomic mass is 16.4. The molecule has 1 aromatic heterocycles. The van der Waals surface area contributed by atoms with Crippen molar-refractivity contribution < 1.29 is 9.90 Å². The number of aromatic carboxylic acids is 1. The summed E-state index contributed by atoms with van der Waals surface area (Å²) in [7, 11) is 0. The molecule has 0 spiro atoms. The average Bonchev–Trinajstić information content (AvgIpc) is 3.34. The largest absolute Gasteiger partial charge is 0.478 e. The topological polar surface area (TPSA) is 72.2 Å². The number of hydrogen-bond acceptors (Lipinski definition) is 3. The molecule has 1 N–H and O–H groups in total. The monoisotopic (exact) mass is 650 g/mol. The van der Waals surface area contributed by atoms with E-state index in [0.29, 0.717) is 12.1 Å². The summed E-state index contributed by atoms with van der Waals surface area (Å²) in [5, 5.41) is 9.72. The Balaban J connectivity index is 1.70. The smallest absolute Gasteiger partial charge is 0.336 e. The molecule has 5 nitrogen and oxygen atoms in total. The number of carboxylic acid groups (broad SMARTS) is 1. The van der Waals surface area contributed by atoms with Gasteiger partial charge in [0.2, 0.25) is 0 Å². The molecule has 4 rings (SSSR count). The number of carboxylic acids is 1. The molecule has 0 radical (unpaired) electrons. The molecule has 0 bridgehead atoms. The van der Waals surface area contributed by atoms with Crippen LogP contribution in [0.2, 0.25) is 0 Å². The normalized spacial score (nSPS) is 11.4. The Bertz CT molecular complexity index is 1640. The van der Waals surface area contributed by atoms with Crippen LogP contribution in [0.3, 0.4) is 0 Å². The molecule has 48 heavy (non-hydrogen) atoms. The van der Waals surface area contributed by atoms with Gasteiger partial charge in [0.05, 0.1) is 16.6 Å². The molecule has 3 aromatic carbocycles. The third-order valence-corrected chi connectivity index (χ3v) is 9.69. The first-order chi connectivity index (χ1) is 23.5. The number of nitrogens with zero attached hydrogens (tertiary/aromatic N) is 2. The fraction of sp³-hybridized carbons (Fsp3) is 0.512. The molecule has 0 unspecified atom stereocenters. The van der Waals surface area contributed by atoms with E-state index in [4.69, 9.17) is 4.98 Å². The van der Waals surface area contributed by atoms with Crippen molar-refractivity contribution in [1.82, 2.24) is 9.55 Å². The molecule has 0 aliphatic heterocycles. The summed E-state index contributed by atoms with van der Waals surface area (Å²) in [6.07, 6.45) is 20.4. The fourth-order valence-corrected chi connectivity index (χ4v) is 6.82. The van der Waals surface area contributed by atoms with Gasteiger partial charge in [0, 0.05) is 24.1 Å². The molecule has 0 saturated carbocycles. The summed E-state index contributed by atoms with van der Waals surface area (Å²) in [6.45, 7) is 7.37. The van der Waals surface area contributed by atoms with E-state index in [9.17, 15) is 14.7 Å². The number of unbranched alkanes of at least 4 members (excludes halogenated alkanes) is 12. The minimum absolute atomic E-state index is 0.218. The van der Waals surface area contributed by atoms with Gasteiger partial charge in [-0.1, -0.05) is 140 Å². The lowest BCUT2D eigenvalue weighted by atomic mass is 9.99. The van der Waals surface area contributed by atoms with E-state index in [1.165, 1.54) is 51.4 Å². The van der Waals surface area contributed by atoms with Crippen LogP contribution in [0.4, 0.5) is 0 Å². The number of benzene rings is 2. The van der Waals surface area contributed by atoms with Gasteiger partial charge in [0.1, 0.15) is 5.82 Å². The maximum atomic E-state index is 14.0. The summed E-state index contributed by atoms with van der Waals surface area (Å²) in [5.41, 5.74) is 7.10. The van der Waals surface area contributed by atoms with Gasteiger partial charge < -0.3 is 9.67 Å². The minimum Gasteiger partial charge on any atom is -0.478 e. The van der Waals surface area contributed by atoms with E-state index in [2.05, 4.69) is 49.6 Å². The molecule has 0 amide bonds. The van der Waals surface area contributed by atoms with Gasteiger partial charge in [0.25, 0.3) is 0 Å². The maximum Gasteiger partial charge on any atom is 0.336 e. The van der Waals surface area contributed by atoms with Crippen LogP contribution >= 0.6 is 0 Å². The standard InChI is InChI=1S/C43H58N2O3/c1-4-7-10-12-14-17-21-35-30-39-40(31-36(42(35)46)22-18-15-13-11-8-5-2)45(41(44-39)25-16-9-6-3)32-33-26-28-34(29-27-33)37-23-19-20-24-38(37)43(47)48/h19-20,23-24,26-31H,4-18,21-22,25,32H2,1-3H3,(H,47,48). The molecular formula is C43H58N2O3. The molecule has 0 atom stereocenters. The van der Waals surface area contributed by atoms with Crippen LogP contribution in [0.15, 0.2) is 65.5 Å². The maximum absolute atomic E-state index is 14.0. The number of fused-ring (bicyclic) bond motifs is 1. The lowest BCUT2D eigenvalue weighted by Gasteiger charge is -2.11. The number of imidazole rings is 1. The number of aryl methyl sites for hydroxylation is 3. The second-order valence-corrected chi connectivity index (χ2v) is 13.6. The predicted octanol–water partition coefficient (Wildman–Crippen LogP) is 11.3. The SMILES string of the molecule is CCCCCCCCc1cc2nc(CCCCC)n(Cc3ccc(-c4ccccc4C(=O)O)cc3)c2cc(CCCCCCCC)c1=O. The van der Waals surface area contributed by atoms with E-state index in [0.717, 1.165) is 109 Å². The number of aromatic nitrogens is 2. The zero-order valence-electron chi connectivity index (χ0n) is 29.9. The third-order valence-electron chi connectivity index (χ3n) is 9.69. The fourth-order valence-electron chi connectivity index (χ4n) is 6.82. The van der Waals surface area contributed by atoms with Crippen LogP contribution in [0.25, 0.3) is 22.2 Å². The van der Waals surface area contributed by atoms with E-state index in [-0.39, 0.29) is 5.43 Å². The van der Waals surface area contributed by atoms with Gasteiger partial charge in [-0.25, -0.2) is 9.78 Å². The Kier molecular flexibility index (Phi) is 15.4. The number of hydrogen-bond donors (Lipinski definition) is 1.